The van der Waals surface area contributed by atoms with Crippen molar-refractivity contribution >= 4 is 22.6 Å². The molecule has 22 heavy (non-hydrogen) atoms. The molecule has 0 bridgehead atoms. The van der Waals surface area contributed by atoms with Crippen molar-refractivity contribution in [3.05, 3.63) is 70.4 Å². The van der Waals surface area contributed by atoms with Crippen molar-refractivity contribution in [1.29, 1.82) is 0 Å². The highest BCUT2D eigenvalue weighted by atomic mass is 16.6. The molecular weight excluding hydrogens is 284 g/mol. The summed E-state index contributed by atoms with van der Waals surface area (Å²) < 4.78 is 0. The van der Waals surface area contributed by atoms with Gasteiger partial charge in [-0.25, -0.2) is 9.78 Å². The number of hydrogen-bond acceptors (Lipinski definition) is 4. The minimum Gasteiger partial charge on any atom is -0.477 e. The third kappa shape index (κ3) is 2.37. The zero-order valence-corrected chi connectivity index (χ0v) is 11.3. The van der Waals surface area contributed by atoms with Crippen LogP contribution in [0.15, 0.2) is 54.6 Å². The number of aromatic carboxylic acids is 1. The maximum Gasteiger partial charge on any atom is 0.354 e. The van der Waals surface area contributed by atoms with E-state index in [-0.39, 0.29) is 11.4 Å². The molecular formula is C16H10N2O4. The molecule has 1 heterocycles. The first kappa shape index (κ1) is 13.7. The van der Waals surface area contributed by atoms with Gasteiger partial charge in [-0.3, -0.25) is 10.1 Å². The summed E-state index contributed by atoms with van der Waals surface area (Å²) in [4.78, 5) is 25.6. The van der Waals surface area contributed by atoms with Gasteiger partial charge in [0.1, 0.15) is 5.69 Å². The number of pyridine rings is 1. The average Bonchev–Trinajstić information content (AvgIpc) is 2.53. The molecule has 0 saturated heterocycles. The second-order valence-corrected chi connectivity index (χ2v) is 4.68. The second-order valence-electron chi connectivity index (χ2n) is 4.68. The van der Waals surface area contributed by atoms with Gasteiger partial charge in [0.2, 0.25) is 0 Å². The zero-order chi connectivity index (χ0) is 15.7. The van der Waals surface area contributed by atoms with Gasteiger partial charge in [-0.2, -0.15) is 0 Å². The van der Waals surface area contributed by atoms with Crippen LogP contribution >= 0.6 is 0 Å². The molecule has 108 valence electrons. The van der Waals surface area contributed by atoms with Crippen molar-refractivity contribution in [2.24, 2.45) is 0 Å². The molecule has 0 aliphatic rings. The molecule has 6 heteroatoms. The zero-order valence-electron chi connectivity index (χ0n) is 11.3. The van der Waals surface area contributed by atoms with Crippen LogP contribution in [0.2, 0.25) is 0 Å². The number of non-ortho nitro benzene ring substituents is 1. The number of nitrogens with zero attached hydrogens (tertiary/aromatic N) is 2. The topological polar surface area (TPSA) is 93.3 Å². The van der Waals surface area contributed by atoms with E-state index in [4.69, 9.17) is 0 Å². The molecule has 3 rings (SSSR count). The normalized spacial score (nSPS) is 10.5. The lowest BCUT2D eigenvalue weighted by Crippen LogP contribution is -2.01. The minimum absolute atomic E-state index is 0.0134. The number of aromatic nitrogens is 1. The Morgan fingerprint density at radius 1 is 1.09 bits per heavy atom. The highest BCUT2D eigenvalue weighted by Gasteiger charge is 2.13. The van der Waals surface area contributed by atoms with E-state index in [1.807, 2.05) is 12.1 Å². The molecule has 6 nitrogen and oxygen atoms in total. The van der Waals surface area contributed by atoms with Crippen molar-refractivity contribution in [2.45, 2.75) is 0 Å². The van der Waals surface area contributed by atoms with E-state index in [1.54, 1.807) is 24.3 Å². The van der Waals surface area contributed by atoms with Crippen LogP contribution in [0, 0.1) is 10.1 Å². The van der Waals surface area contributed by atoms with Crippen molar-refractivity contribution in [2.75, 3.05) is 0 Å². The highest BCUT2D eigenvalue weighted by molar-refractivity contribution is 5.99. The van der Waals surface area contributed by atoms with Crippen LogP contribution in [0.25, 0.3) is 22.0 Å². The number of carboxylic acids is 1. The Morgan fingerprint density at radius 2 is 1.77 bits per heavy atom. The second kappa shape index (κ2) is 5.25. The number of nitro benzene ring substituents is 1. The standard InChI is InChI=1S/C16H10N2O4/c19-16(20)15-9-13(12-3-1-2-4-14(12)17-15)10-5-7-11(8-6-10)18(21)22/h1-9H,(H,19,20). The van der Waals surface area contributed by atoms with E-state index >= 15 is 0 Å². The van der Waals surface area contributed by atoms with Gasteiger partial charge in [0, 0.05) is 17.5 Å². The van der Waals surface area contributed by atoms with E-state index in [9.17, 15) is 20.0 Å². The Balaban J connectivity index is 2.24. The fourth-order valence-corrected chi connectivity index (χ4v) is 2.29. The number of rotatable bonds is 3. The van der Waals surface area contributed by atoms with Gasteiger partial charge in [-0.05, 0) is 35.4 Å². The lowest BCUT2D eigenvalue weighted by molar-refractivity contribution is -0.384. The maximum atomic E-state index is 11.2. The molecule has 0 saturated carbocycles. The number of hydrogen-bond donors (Lipinski definition) is 1. The molecule has 0 fully saturated rings. The largest absolute Gasteiger partial charge is 0.477 e. The highest BCUT2D eigenvalue weighted by Crippen LogP contribution is 2.29. The van der Waals surface area contributed by atoms with E-state index in [0.29, 0.717) is 16.6 Å². The third-order valence-electron chi connectivity index (χ3n) is 3.32. The molecule has 0 unspecified atom stereocenters. The van der Waals surface area contributed by atoms with Crippen LogP contribution in [-0.2, 0) is 0 Å². The lowest BCUT2D eigenvalue weighted by atomic mass is 10.00. The van der Waals surface area contributed by atoms with E-state index in [1.165, 1.54) is 18.2 Å². The summed E-state index contributed by atoms with van der Waals surface area (Å²) in [5, 5.41) is 20.7. The van der Waals surface area contributed by atoms with Gasteiger partial charge in [-0.1, -0.05) is 18.2 Å². The Kier molecular flexibility index (Phi) is 3.27. The van der Waals surface area contributed by atoms with E-state index in [2.05, 4.69) is 4.98 Å². The summed E-state index contributed by atoms with van der Waals surface area (Å²) in [6, 6.07) is 14.7. The van der Waals surface area contributed by atoms with Crippen molar-refractivity contribution < 1.29 is 14.8 Å². The Hall–Kier alpha value is -3.28. The average molecular weight is 294 g/mol. The molecule has 1 aromatic heterocycles. The van der Waals surface area contributed by atoms with Gasteiger partial charge in [-0.15, -0.1) is 0 Å². The van der Waals surface area contributed by atoms with Crippen LogP contribution in [0.3, 0.4) is 0 Å². The number of carboxylic acid groups (broad SMARTS) is 1. The van der Waals surface area contributed by atoms with Crippen LogP contribution in [0.5, 0.6) is 0 Å². The fraction of sp³-hybridized carbons (Fsp3) is 0. The van der Waals surface area contributed by atoms with Gasteiger partial charge >= 0.3 is 5.97 Å². The quantitative estimate of drug-likeness (QED) is 0.589. The summed E-state index contributed by atoms with van der Waals surface area (Å²) >= 11 is 0. The summed E-state index contributed by atoms with van der Waals surface area (Å²) in [6.45, 7) is 0. The number of carbonyl (C=O) groups is 1. The molecule has 1 N–H and O–H groups in total. The molecule has 0 aliphatic carbocycles. The number of benzene rings is 2. The Bertz CT molecular complexity index is 888. The van der Waals surface area contributed by atoms with Crippen LogP contribution in [0.1, 0.15) is 10.5 Å². The van der Waals surface area contributed by atoms with Gasteiger partial charge in [0.15, 0.2) is 0 Å². The SMILES string of the molecule is O=C(O)c1cc(-c2ccc([N+](=O)[O-])cc2)c2ccccc2n1. The minimum atomic E-state index is -1.12. The van der Waals surface area contributed by atoms with E-state index < -0.39 is 10.9 Å². The third-order valence-corrected chi connectivity index (χ3v) is 3.32. The van der Waals surface area contributed by atoms with Crippen LogP contribution in [0.4, 0.5) is 5.69 Å². The lowest BCUT2D eigenvalue weighted by Gasteiger charge is -2.08. The first-order valence-corrected chi connectivity index (χ1v) is 6.44. The Labute approximate surface area is 124 Å². The maximum absolute atomic E-state index is 11.2. The summed E-state index contributed by atoms with van der Waals surface area (Å²) in [5.74, 6) is -1.12. The van der Waals surface area contributed by atoms with Crippen LogP contribution < -0.4 is 0 Å². The summed E-state index contributed by atoms with van der Waals surface area (Å²) in [7, 11) is 0. The predicted molar refractivity (Wildman–Crippen MR) is 80.8 cm³/mol. The number of fused-ring (bicyclic) bond motifs is 1. The Morgan fingerprint density at radius 3 is 2.41 bits per heavy atom. The smallest absolute Gasteiger partial charge is 0.354 e. The van der Waals surface area contributed by atoms with Crippen molar-refractivity contribution in [1.82, 2.24) is 4.98 Å². The van der Waals surface area contributed by atoms with Crippen molar-refractivity contribution in [3.63, 3.8) is 0 Å². The van der Waals surface area contributed by atoms with Gasteiger partial charge < -0.3 is 5.11 Å². The molecule has 3 aromatic rings. The molecule has 0 spiro atoms. The molecule has 0 aliphatic heterocycles. The first-order valence-electron chi connectivity index (χ1n) is 6.44. The summed E-state index contributed by atoms with van der Waals surface area (Å²) in [6.07, 6.45) is 0. The predicted octanol–water partition coefficient (Wildman–Crippen LogP) is 3.51. The van der Waals surface area contributed by atoms with Crippen LogP contribution in [-0.4, -0.2) is 21.0 Å². The van der Waals surface area contributed by atoms with Gasteiger partial charge in [0.25, 0.3) is 5.69 Å². The fourth-order valence-electron chi connectivity index (χ4n) is 2.29. The molecule has 0 radical (unpaired) electrons. The molecule has 0 amide bonds. The first-order chi connectivity index (χ1) is 10.6. The van der Waals surface area contributed by atoms with E-state index in [0.717, 1.165) is 5.39 Å². The monoisotopic (exact) mass is 294 g/mol. The summed E-state index contributed by atoms with van der Waals surface area (Å²) in [5.41, 5.74) is 1.87. The molecule has 2 aromatic carbocycles. The van der Waals surface area contributed by atoms with Gasteiger partial charge in [0.05, 0.1) is 10.4 Å². The number of para-hydroxylation sites is 1. The number of nitro groups is 1. The van der Waals surface area contributed by atoms with Crippen molar-refractivity contribution in [3.8, 4) is 11.1 Å². The molecule has 0 atom stereocenters.